The lowest BCUT2D eigenvalue weighted by molar-refractivity contribution is -0.135. The van der Waals surface area contributed by atoms with Crippen molar-refractivity contribution in [2.24, 2.45) is 5.92 Å². The highest BCUT2D eigenvalue weighted by atomic mass is 16.5. The van der Waals surface area contributed by atoms with E-state index in [4.69, 9.17) is 9.47 Å². The molecule has 0 spiro atoms. The fourth-order valence-electron chi connectivity index (χ4n) is 4.40. The van der Waals surface area contributed by atoms with E-state index in [-0.39, 0.29) is 36.0 Å². The number of ketones is 1. The van der Waals surface area contributed by atoms with E-state index in [1.54, 1.807) is 0 Å². The van der Waals surface area contributed by atoms with Crippen LogP contribution in [0.2, 0.25) is 0 Å². The highest BCUT2D eigenvalue weighted by Crippen LogP contribution is 2.24. The highest BCUT2D eigenvalue weighted by molar-refractivity contribution is 5.85. The van der Waals surface area contributed by atoms with Gasteiger partial charge in [-0.3, -0.25) is 9.59 Å². The van der Waals surface area contributed by atoms with Crippen LogP contribution in [0.1, 0.15) is 119 Å². The summed E-state index contributed by atoms with van der Waals surface area (Å²) in [6.45, 7) is 13.8. The van der Waals surface area contributed by atoms with Crippen molar-refractivity contribution in [3.8, 4) is 0 Å². The van der Waals surface area contributed by atoms with Crippen molar-refractivity contribution in [1.82, 2.24) is 4.90 Å². The number of ether oxygens (including phenoxy) is 2. The number of amides is 1. The first-order chi connectivity index (χ1) is 15.2. The molecule has 0 radical (unpaired) electrons. The van der Waals surface area contributed by atoms with E-state index >= 15 is 0 Å². The van der Waals surface area contributed by atoms with Crippen molar-refractivity contribution in [2.45, 2.75) is 143 Å². The van der Waals surface area contributed by atoms with Gasteiger partial charge in [0.2, 0.25) is 5.91 Å². The van der Waals surface area contributed by atoms with Crippen LogP contribution >= 0.6 is 0 Å². The standard InChI is InChI=1S/C27H51NO4/c1-21(2)14-12-10-8-7-9-11-13-15-25(29)16-17-27(30)28-19-26(32-23(5)6)18-24(28)20-31-22(3)4/h21-24,26H,7-20H2,1-6H3/t24-,26+/m0/s1. The van der Waals surface area contributed by atoms with Gasteiger partial charge in [-0.1, -0.05) is 58.8 Å². The van der Waals surface area contributed by atoms with Gasteiger partial charge in [0, 0.05) is 25.8 Å². The third-order valence-electron chi connectivity index (χ3n) is 6.14. The van der Waals surface area contributed by atoms with Gasteiger partial charge in [0.25, 0.3) is 0 Å². The van der Waals surface area contributed by atoms with Crippen molar-refractivity contribution in [2.75, 3.05) is 13.2 Å². The summed E-state index contributed by atoms with van der Waals surface area (Å²) in [5.41, 5.74) is 0. The Balaban J connectivity index is 2.23. The number of rotatable bonds is 18. The third kappa shape index (κ3) is 13.6. The van der Waals surface area contributed by atoms with Crippen LogP contribution in [0.5, 0.6) is 0 Å². The molecule has 0 bridgehead atoms. The summed E-state index contributed by atoms with van der Waals surface area (Å²) >= 11 is 0. The Labute approximate surface area is 198 Å². The lowest BCUT2D eigenvalue weighted by Gasteiger charge is -2.25. The van der Waals surface area contributed by atoms with Gasteiger partial charge in [0.15, 0.2) is 0 Å². The van der Waals surface area contributed by atoms with Crippen molar-refractivity contribution in [3.05, 3.63) is 0 Å². The maximum Gasteiger partial charge on any atom is 0.223 e. The minimum Gasteiger partial charge on any atom is -0.377 e. The first kappa shape index (κ1) is 29.1. The van der Waals surface area contributed by atoms with E-state index in [2.05, 4.69) is 13.8 Å². The first-order valence-electron chi connectivity index (χ1n) is 13.3. The lowest BCUT2D eigenvalue weighted by atomic mass is 10.0. The molecule has 1 heterocycles. The summed E-state index contributed by atoms with van der Waals surface area (Å²) < 4.78 is 11.7. The molecule has 0 aromatic rings. The second kappa shape index (κ2) is 16.6. The van der Waals surface area contributed by atoms with E-state index in [1.807, 2.05) is 32.6 Å². The minimum absolute atomic E-state index is 0.0456. The zero-order valence-electron chi connectivity index (χ0n) is 21.9. The summed E-state index contributed by atoms with van der Waals surface area (Å²) in [6, 6.07) is 0.0456. The van der Waals surface area contributed by atoms with Gasteiger partial charge in [0.05, 0.1) is 31.0 Å². The van der Waals surface area contributed by atoms with E-state index in [0.29, 0.717) is 32.4 Å². The van der Waals surface area contributed by atoms with Crippen LogP contribution in [0, 0.1) is 5.92 Å². The molecule has 1 aliphatic rings. The average Bonchev–Trinajstić information content (AvgIpc) is 3.10. The summed E-state index contributed by atoms with van der Waals surface area (Å²) in [4.78, 5) is 27.0. The van der Waals surface area contributed by atoms with E-state index in [9.17, 15) is 9.59 Å². The Morgan fingerprint density at radius 3 is 2.03 bits per heavy atom. The van der Waals surface area contributed by atoms with Gasteiger partial charge in [-0.05, 0) is 46.5 Å². The summed E-state index contributed by atoms with van der Waals surface area (Å²) in [5, 5.41) is 0. The van der Waals surface area contributed by atoms with Gasteiger partial charge in [0.1, 0.15) is 5.78 Å². The summed E-state index contributed by atoms with van der Waals surface area (Å²) in [6.07, 6.45) is 12.3. The normalized spacial score (nSPS) is 19.0. The highest BCUT2D eigenvalue weighted by Gasteiger charge is 2.36. The number of hydrogen-bond donors (Lipinski definition) is 0. The van der Waals surface area contributed by atoms with Crippen molar-refractivity contribution in [1.29, 1.82) is 0 Å². The molecule has 2 atom stereocenters. The van der Waals surface area contributed by atoms with E-state index in [1.165, 1.54) is 38.5 Å². The van der Waals surface area contributed by atoms with Crippen molar-refractivity contribution in [3.63, 3.8) is 0 Å². The minimum atomic E-state index is 0.0456. The molecule has 5 heteroatoms. The molecule has 5 nitrogen and oxygen atoms in total. The Morgan fingerprint density at radius 1 is 0.812 bits per heavy atom. The molecule has 0 aromatic carbocycles. The molecule has 0 N–H and O–H groups in total. The van der Waals surface area contributed by atoms with Gasteiger partial charge < -0.3 is 14.4 Å². The number of unbranched alkanes of at least 4 members (excludes halogenated alkanes) is 6. The smallest absolute Gasteiger partial charge is 0.223 e. The summed E-state index contributed by atoms with van der Waals surface area (Å²) in [5.74, 6) is 1.10. The molecule has 0 unspecified atom stereocenters. The molecule has 1 aliphatic heterocycles. The van der Waals surface area contributed by atoms with E-state index < -0.39 is 0 Å². The number of carbonyl (C=O) groups excluding carboxylic acids is 2. The van der Waals surface area contributed by atoms with Gasteiger partial charge in [-0.15, -0.1) is 0 Å². The lowest BCUT2D eigenvalue weighted by Crippen LogP contribution is -2.39. The first-order valence-corrected chi connectivity index (χ1v) is 13.3. The Kier molecular flexibility index (Phi) is 15.1. The molecule has 0 aliphatic carbocycles. The fourth-order valence-corrected chi connectivity index (χ4v) is 4.40. The topological polar surface area (TPSA) is 55.8 Å². The summed E-state index contributed by atoms with van der Waals surface area (Å²) in [7, 11) is 0. The largest absolute Gasteiger partial charge is 0.377 e. The number of hydrogen-bond acceptors (Lipinski definition) is 4. The van der Waals surface area contributed by atoms with E-state index in [0.717, 1.165) is 25.2 Å². The Bertz CT molecular complexity index is 518. The molecule has 1 saturated heterocycles. The number of likely N-dealkylation sites (tertiary alicyclic amines) is 1. The van der Waals surface area contributed by atoms with Gasteiger partial charge in [-0.2, -0.15) is 0 Å². The number of nitrogens with zero attached hydrogens (tertiary/aromatic N) is 1. The Morgan fingerprint density at radius 2 is 1.44 bits per heavy atom. The second-order valence-electron chi connectivity index (χ2n) is 10.6. The molecule has 32 heavy (non-hydrogen) atoms. The molecule has 0 saturated carbocycles. The van der Waals surface area contributed by atoms with Gasteiger partial charge >= 0.3 is 0 Å². The Hall–Kier alpha value is -0.940. The maximum absolute atomic E-state index is 12.8. The van der Waals surface area contributed by atoms with Crippen LogP contribution in [0.15, 0.2) is 0 Å². The monoisotopic (exact) mass is 453 g/mol. The second-order valence-corrected chi connectivity index (χ2v) is 10.6. The van der Waals surface area contributed by atoms with Crippen molar-refractivity contribution < 1.29 is 19.1 Å². The SMILES string of the molecule is CC(C)CCCCCCCCCC(=O)CCC(=O)N1C[C@H](OC(C)C)C[C@H]1COC(C)C. The quantitative estimate of drug-likeness (QED) is 0.228. The molecular weight excluding hydrogens is 402 g/mol. The van der Waals surface area contributed by atoms with Crippen LogP contribution in [-0.4, -0.2) is 54.1 Å². The zero-order valence-corrected chi connectivity index (χ0v) is 21.9. The fraction of sp³-hybridized carbons (Fsp3) is 0.926. The van der Waals surface area contributed by atoms with Crippen LogP contribution in [0.4, 0.5) is 0 Å². The zero-order chi connectivity index (χ0) is 23.9. The molecular formula is C27H51NO4. The van der Waals surface area contributed by atoms with Crippen molar-refractivity contribution >= 4 is 11.7 Å². The molecule has 0 aromatic heterocycles. The van der Waals surface area contributed by atoms with Crippen LogP contribution in [0.25, 0.3) is 0 Å². The van der Waals surface area contributed by atoms with Crippen LogP contribution < -0.4 is 0 Å². The third-order valence-corrected chi connectivity index (χ3v) is 6.14. The predicted octanol–water partition coefficient (Wildman–Crippen LogP) is 6.32. The average molecular weight is 454 g/mol. The molecule has 1 amide bonds. The number of Topliss-reactive ketones (excluding diaryl/α,β-unsaturated/α-hetero) is 1. The molecule has 1 fully saturated rings. The predicted molar refractivity (Wildman–Crippen MR) is 132 cm³/mol. The van der Waals surface area contributed by atoms with Crippen LogP contribution in [0.3, 0.4) is 0 Å². The maximum atomic E-state index is 12.8. The molecule has 1 rings (SSSR count). The number of carbonyl (C=O) groups is 2. The van der Waals surface area contributed by atoms with Crippen LogP contribution in [-0.2, 0) is 19.1 Å². The van der Waals surface area contributed by atoms with Gasteiger partial charge in [-0.25, -0.2) is 0 Å². The molecule has 188 valence electrons.